The van der Waals surface area contributed by atoms with Crippen LogP contribution in [0.2, 0.25) is 0 Å². The van der Waals surface area contributed by atoms with Crippen molar-refractivity contribution in [2.45, 2.75) is 31.4 Å². The van der Waals surface area contributed by atoms with Crippen LogP contribution in [0, 0.1) is 17.1 Å². The normalized spacial score (nSPS) is 20.4. The molecule has 0 radical (unpaired) electrons. The van der Waals surface area contributed by atoms with Gasteiger partial charge in [-0.25, -0.2) is 14.1 Å². The van der Waals surface area contributed by atoms with E-state index in [1.165, 1.54) is 4.68 Å². The maximum Gasteiger partial charge on any atom is 0.158 e. The fourth-order valence-electron chi connectivity index (χ4n) is 4.15. The van der Waals surface area contributed by atoms with E-state index in [9.17, 15) is 10.4 Å². The third kappa shape index (κ3) is 3.10. The van der Waals surface area contributed by atoms with Crippen LogP contribution in [-0.2, 0) is 0 Å². The molecule has 5 rings (SSSR count). The topological polar surface area (TPSA) is 114 Å². The molecule has 0 amide bonds. The first kappa shape index (κ1) is 19.2. The van der Waals surface area contributed by atoms with Crippen molar-refractivity contribution in [2.24, 2.45) is 0 Å². The molecule has 0 spiro atoms. The van der Waals surface area contributed by atoms with E-state index < -0.39 is 11.4 Å². The summed E-state index contributed by atoms with van der Waals surface area (Å²) in [5, 5.41) is 24.8. The number of benzene rings is 1. The Bertz CT molecular complexity index is 1350. The number of halogens is 1. The number of nitrogens with two attached hydrogens (primary N) is 1. The van der Waals surface area contributed by atoms with Crippen molar-refractivity contribution in [3.05, 3.63) is 60.0 Å². The van der Waals surface area contributed by atoms with Gasteiger partial charge in [-0.2, -0.15) is 10.4 Å². The molecule has 154 valence electrons. The molecule has 3 N–H and O–H groups in total. The van der Waals surface area contributed by atoms with E-state index in [1.54, 1.807) is 49.5 Å². The summed E-state index contributed by atoms with van der Waals surface area (Å²) in [4.78, 5) is 8.75. The Balaban J connectivity index is 1.64. The van der Waals surface area contributed by atoms with E-state index in [1.807, 2.05) is 6.07 Å². The van der Waals surface area contributed by atoms with Crippen molar-refractivity contribution in [1.82, 2.24) is 19.7 Å². The minimum absolute atomic E-state index is 0.116. The number of rotatable bonds is 3. The van der Waals surface area contributed by atoms with Gasteiger partial charge in [-0.1, -0.05) is 18.2 Å². The molecule has 1 aromatic carbocycles. The Morgan fingerprint density at radius 2 is 1.97 bits per heavy atom. The monoisotopic (exact) mass is 414 g/mol. The largest absolute Gasteiger partial charge is 0.390 e. The van der Waals surface area contributed by atoms with Crippen LogP contribution < -0.4 is 5.73 Å². The quantitative estimate of drug-likeness (QED) is 0.527. The first-order valence-electron chi connectivity index (χ1n) is 9.89. The first-order chi connectivity index (χ1) is 14.9. The fraction of sp³-hybridized carbons (Fsp3) is 0.217. The second-order valence-corrected chi connectivity index (χ2v) is 8.13. The van der Waals surface area contributed by atoms with Crippen LogP contribution >= 0.6 is 0 Å². The molecule has 0 bridgehead atoms. The molecule has 3 aromatic heterocycles. The standard InChI is InChI=1S/C23H19FN6O/c1-23(31)10-14(11-23)30-22(26)16(12-25)21(29-30)15-7-5-13-6-8-18(28-20(13)19(15)24)17-4-2-3-9-27-17/h2-9,14,31H,10-11,26H2,1H3. The number of aliphatic hydroxyl groups is 1. The molecule has 4 aromatic rings. The van der Waals surface area contributed by atoms with E-state index in [-0.39, 0.29) is 34.2 Å². The van der Waals surface area contributed by atoms with Crippen LogP contribution in [0.5, 0.6) is 0 Å². The van der Waals surface area contributed by atoms with Gasteiger partial charge >= 0.3 is 0 Å². The number of nitrogens with zero attached hydrogens (tertiary/aromatic N) is 5. The van der Waals surface area contributed by atoms with Crippen LogP contribution in [0.15, 0.2) is 48.7 Å². The van der Waals surface area contributed by atoms with Gasteiger partial charge in [-0.15, -0.1) is 0 Å². The Morgan fingerprint density at radius 1 is 1.19 bits per heavy atom. The minimum atomic E-state index is -0.782. The molecule has 1 fully saturated rings. The van der Waals surface area contributed by atoms with Crippen molar-refractivity contribution in [1.29, 1.82) is 5.26 Å². The number of hydrogen-bond acceptors (Lipinski definition) is 6. The molecule has 0 atom stereocenters. The molecule has 7 nitrogen and oxygen atoms in total. The zero-order valence-electron chi connectivity index (χ0n) is 16.7. The lowest BCUT2D eigenvalue weighted by Gasteiger charge is -2.41. The van der Waals surface area contributed by atoms with Crippen LogP contribution in [-0.4, -0.2) is 30.5 Å². The van der Waals surface area contributed by atoms with E-state index in [4.69, 9.17) is 5.73 Å². The van der Waals surface area contributed by atoms with Gasteiger partial charge < -0.3 is 10.8 Å². The summed E-state index contributed by atoms with van der Waals surface area (Å²) in [5.41, 5.74) is 7.19. The number of nitriles is 1. The lowest BCUT2D eigenvalue weighted by atomic mass is 9.77. The van der Waals surface area contributed by atoms with Gasteiger partial charge in [0.1, 0.15) is 28.7 Å². The van der Waals surface area contributed by atoms with Gasteiger partial charge in [0.05, 0.1) is 23.0 Å². The van der Waals surface area contributed by atoms with Gasteiger partial charge in [0, 0.05) is 17.1 Å². The molecule has 0 saturated heterocycles. The maximum absolute atomic E-state index is 15.6. The summed E-state index contributed by atoms with van der Waals surface area (Å²) in [6, 6.07) is 14.3. The molecule has 31 heavy (non-hydrogen) atoms. The number of nitrogen functional groups attached to an aromatic ring is 1. The van der Waals surface area contributed by atoms with Crippen LogP contribution in [0.4, 0.5) is 10.2 Å². The summed E-state index contributed by atoms with van der Waals surface area (Å²) in [6.45, 7) is 1.74. The predicted octanol–water partition coefficient (Wildman–Crippen LogP) is 3.84. The molecule has 0 aliphatic heterocycles. The van der Waals surface area contributed by atoms with Crippen LogP contribution in [0.1, 0.15) is 31.4 Å². The summed E-state index contributed by atoms with van der Waals surface area (Å²) in [5.74, 6) is -0.398. The van der Waals surface area contributed by atoms with Crippen LogP contribution in [0.3, 0.4) is 0 Å². The summed E-state index contributed by atoms with van der Waals surface area (Å²) in [7, 11) is 0. The Kier molecular flexibility index (Phi) is 4.24. The number of anilines is 1. The second kappa shape index (κ2) is 6.86. The third-order valence-corrected chi connectivity index (χ3v) is 5.74. The van der Waals surface area contributed by atoms with Gasteiger partial charge in [-0.3, -0.25) is 4.98 Å². The van der Waals surface area contributed by atoms with E-state index in [0.717, 1.165) is 0 Å². The molecule has 8 heteroatoms. The minimum Gasteiger partial charge on any atom is -0.390 e. The van der Waals surface area contributed by atoms with E-state index >= 15 is 4.39 Å². The van der Waals surface area contributed by atoms with Crippen molar-refractivity contribution < 1.29 is 9.50 Å². The summed E-state index contributed by atoms with van der Waals surface area (Å²) < 4.78 is 17.1. The van der Waals surface area contributed by atoms with Crippen molar-refractivity contribution in [3.63, 3.8) is 0 Å². The number of hydrogen-bond donors (Lipinski definition) is 2. The maximum atomic E-state index is 15.6. The van der Waals surface area contributed by atoms with E-state index in [0.29, 0.717) is 29.6 Å². The number of fused-ring (bicyclic) bond motifs is 1. The Morgan fingerprint density at radius 3 is 2.65 bits per heavy atom. The molecule has 1 aliphatic rings. The zero-order valence-corrected chi connectivity index (χ0v) is 16.7. The van der Waals surface area contributed by atoms with Crippen molar-refractivity contribution >= 4 is 16.7 Å². The Labute approximate surface area is 177 Å². The molecule has 1 aliphatic carbocycles. The highest BCUT2D eigenvalue weighted by Gasteiger charge is 2.41. The molecular formula is C23H19FN6O. The second-order valence-electron chi connectivity index (χ2n) is 8.13. The first-order valence-corrected chi connectivity index (χ1v) is 9.89. The molecular weight excluding hydrogens is 395 g/mol. The summed E-state index contributed by atoms with van der Waals surface area (Å²) >= 11 is 0. The lowest BCUT2D eigenvalue weighted by molar-refractivity contribution is -0.0535. The third-order valence-electron chi connectivity index (χ3n) is 5.74. The Hall–Kier alpha value is -3.83. The smallest absolute Gasteiger partial charge is 0.158 e. The van der Waals surface area contributed by atoms with Crippen LogP contribution in [0.25, 0.3) is 33.5 Å². The number of pyridine rings is 2. The van der Waals surface area contributed by atoms with E-state index in [2.05, 4.69) is 21.1 Å². The average molecular weight is 414 g/mol. The molecule has 0 unspecified atom stereocenters. The van der Waals surface area contributed by atoms with Crippen molar-refractivity contribution in [3.8, 4) is 28.7 Å². The predicted molar refractivity (Wildman–Crippen MR) is 114 cm³/mol. The highest BCUT2D eigenvalue weighted by Crippen LogP contribution is 2.43. The zero-order chi connectivity index (χ0) is 21.8. The SMILES string of the molecule is CC1(O)CC(n2nc(-c3ccc4ccc(-c5ccccn5)nc4c3F)c(C#N)c2N)C1. The fourth-order valence-corrected chi connectivity index (χ4v) is 4.15. The number of aromatic nitrogens is 4. The van der Waals surface area contributed by atoms with Gasteiger partial charge in [0.15, 0.2) is 5.82 Å². The van der Waals surface area contributed by atoms with Gasteiger partial charge in [0.2, 0.25) is 0 Å². The van der Waals surface area contributed by atoms with Crippen molar-refractivity contribution in [2.75, 3.05) is 5.73 Å². The van der Waals surface area contributed by atoms with Gasteiger partial charge in [0.25, 0.3) is 0 Å². The highest BCUT2D eigenvalue weighted by atomic mass is 19.1. The summed E-state index contributed by atoms with van der Waals surface area (Å²) in [6.07, 6.45) is 2.59. The lowest BCUT2D eigenvalue weighted by Crippen LogP contribution is -2.42. The molecule has 3 heterocycles. The van der Waals surface area contributed by atoms with Gasteiger partial charge in [-0.05, 0) is 44.0 Å². The average Bonchev–Trinajstić information content (AvgIpc) is 3.08. The highest BCUT2D eigenvalue weighted by molar-refractivity contribution is 5.87. The molecule has 1 saturated carbocycles.